The summed E-state index contributed by atoms with van der Waals surface area (Å²) in [6.45, 7) is 1.82. The first kappa shape index (κ1) is 22.9. The van der Waals surface area contributed by atoms with Crippen molar-refractivity contribution in [2.75, 3.05) is 11.1 Å². The van der Waals surface area contributed by atoms with Crippen LogP contribution in [0.4, 0.5) is 5.69 Å². The van der Waals surface area contributed by atoms with Gasteiger partial charge in [0.2, 0.25) is 5.91 Å². The topological polar surface area (TPSA) is 94.0 Å². The summed E-state index contributed by atoms with van der Waals surface area (Å²) >= 11 is 2.53. The number of ketones is 1. The molecule has 174 valence electrons. The predicted molar refractivity (Wildman–Crippen MR) is 141 cm³/mol. The van der Waals surface area contributed by atoms with Gasteiger partial charge in [-0.3, -0.25) is 19.0 Å². The Morgan fingerprint density at radius 2 is 1.89 bits per heavy atom. The molecule has 0 aliphatic heterocycles. The van der Waals surface area contributed by atoms with Gasteiger partial charge in [0.1, 0.15) is 9.53 Å². The lowest BCUT2D eigenvalue weighted by Crippen LogP contribution is -2.24. The van der Waals surface area contributed by atoms with Gasteiger partial charge in [-0.05, 0) is 36.8 Å². The number of anilines is 1. The summed E-state index contributed by atoms with van der Waals surface area (Å²) in [7, 11) is 0. The molecule has 0 unspecified atom stereocenters. The molecule has 0 atom stereocenters. The van der Waals surface area contributed by atoms with Crippen LogP contribution < -0.4 is 10.9 Å². The molecule has 2 aromatic carbocycles. The van der Waals surface area contributed by atoms with E-state index in [9.17, 15) is 14.4 Å². The van der Waals surface area contributed by atoms with Crippen molar-refractivity contribution in [3.63, 3.8) is 0 Å². The van der Waals surface area contributed by atoms with Gasteiger partial charge in [0.05, 0.1) is 17.8 Å². The Labute approximate surface area is 208 Å². The zero-order valence-corrected chi connectivity index (χ0v) is 20.4. The third-order valence-electron chi connectivity index (χ3n) is 5.39. The van der Waals surface area contributed by atoms with E-state index in [1.165, 1.54) is 30.0 Å². The number of amides is 1. The Hall–Kier alpha value is -3.82. The lowest BCUT2D eigenvalue weighted by Gasteiger charge is -2.12. The van der Waals surface area contributed by atoms with Crippen LogP contribution in [0.1, 0.15) is 22.8 Å². The molecule has 9 heteroatoms. The molecule has 0 fully saturated rings. The first-order chi connectivity index (χ1) is 17.0. The molecule has 0 saturated heterocycles. The number of nitrogens with one attached hydrogen (secondary N) is 1. The number of Topliss-reactive ketones (excluding diaryl/α,β-unsaturated/α-hetero) is 1. The fourth-order valence-electron chi connectivity index (χ4n) is 3.70. The first-order valence-corrected chi connectivity index (χ1v) is 12.7. The summed E-state index contributed by atoms with van der Waals surface area (Å²) in [5, 5.41) is 4.10. The van der Waals surface area contributed by atoms with E-state index in [1.807, 2.05) is 42.5 Å². The largest absolute Gasteiger partial charge is 0.325 e. The average molecular weight is 501 g/mol. The predicted octanol–water partition coefficient (Wildman–Crippen LogP) is 4.99. The number of fused-ring (bicyclic) bond motifs is 3. The van der Waals surface area contributed by atoms with E-state index in [1.54, 1.807) is 35.0 Å². The van der Waals surface area contributed by atoms with Crippen LogP contribution >= 0.6 is 23.1 Å². The van der Waals surface area contributed by atoms with Crippen molar-refractivity contribution in [1.29, 1.82) is 0 Å². The Morgan fingerprint density at radius 1 is 1.06 bits per heavy atom. The van der Waals surface area contributed by atoms with Gasteiger partial charge in [-0.1, -0.05) is 54.2 Å². The van der Waals surface area contributed by atoms with E-state index >= 15 is 0 Å². The fourth-order valence-corrected chi connectivity index (χ4v) is 5.52. The molecule has 1 amide bonds. The Kier molecular flexibility index (Phi) is 6.43. The molecule has 0 aliphatic carbocycles. The van der Waals surface area contributed by atoms with E-state index in [4.69, 9.17) is 4.98 Å². The van der Waals surface area contributed by atoms with Crippen molar-refractivity contribution in [1.82, 2.24) is 14.5 Å². The second-order valence-electron chi connectivity index (χ2n) is 7.88. The van der Waals surface area contributed by atoms with Crippen molar-refractivity contribution >= 4 is 60.9 Å². The fraction of sp³-hybridized carbons (Fsp3) is 0.115. The molecular weight excluding hydrogens is 480 g/mol. The van der Waals surface area contributed by atoms with Crippen LogP contribution in [0, 0.1) is 0 Å². The number of benzene rings is 2. The number of aromatic nitrogens is 3. The van der Waals surface area contributed by atoms with Gasteiger partial charge < -0.3 is 5.32 Å². The maximum atomic E-state index is 13.5. The average Bonchev–Trinajstić information content (AvgIpc) is 3.24. The smallest absolute Gasteiger partial charge is 0.272 e. The van der Waals surface area contributed by atoms with Gasteiger partial charge in [0.15, 0.2) is 10.9 Å². The molecule has 3 heterocycles. The molecule has 1 N–H and O–H groups in total. The Morgan fingerprint density at radius 3 is 2.69 bits per heavy atom. The van der Waals surface area contributed by atoms with Crippen molar-refractivity contribution < 1.29 is 9.59 Å². The number of carbonyl (C=O) groups is 2. The molecule has 5 rings (SSSR count). The minimum absolute atomic E-state index is 0.0529. The van der Waals surface area contributed by atoms with Gasteiger partial charge in [0, 0.05) is 22.8 Å². The Balaban J connectivity index is 1.47. The maximum Gasteiger partial charge on any atom is 0.272 e. The van der Waals surface area contributed by atoms with E-state index in [0.29, 0.717) is 33.2 Å². The number of hydrogen-bond donors (Lipinski definition) is 1. The van der Waals surface area contributed by atoms with Crippen LogP contribution in [-0.4, -0.2) is 32.0 Å². The van der Waals surface area contributed by atoms with Crippen LogP contribution in [0.3, 0.4) is 0 Å². The number of hydrogen-bond acceptors (Lipinski definition) is 7. The highest BCUT2D eigenvalue weighted by Gasteiger charge is 2.18. The van der Waals surface area contributed by atoms with Gasteiger partial charge in [-0.2, -0.15) is 0 Å². The summed E-state index contributed by atoms with van der Waals surface area (Å²) in [6.07, 6.45) is 1.70. The minimum Gasteiger partial charge on any atom is -0.325 e. The molecular formula is C26H20N4O3S2. The molecule has 35 heavy (non-hydrogen) atoms. The van der Waals surface area contributed by atoms with E-state index in [2.05, 4.69) is 10.3 Å². The summed E-state index contributed by atoms with van der Waals surface area (Å²) in [4.78, 5) is 47.8. The quantitative estimate of drug-likeness (QED) is 0.192. The van der Waals surface area contributed by atoms with Gasteiger partial charge >= 0.3 is 0 Å². The number of nitrogens with zero attached hydrogens (tertiary/aromatic N) is 3. The zero-order chi connectivity index (χ0) is 24.4. The number of rotatable bonds is 7. The highest BCUT2D eigenvalue weighted by Crippen LogP contribution is 2.30. The highest BCUT2D eigenvalue weighted by molar-refractivity contribution is 7.99. The van der Waals surface area contributed by atoms with Crippen LogP contribution in [0.5, 0.6) is 0 Å². The van der Waals surface area contributed by atoms with E-state index in [-0.39, 0.29) is 23.0 Å². The molecule has 7 nitrogen and oxygen atoms in total. The first-order valence-electron chi connectivity index (χ1n) is 10.9. The zero-order valence-electron chi connectivity index (χ0n) is 18.7. The molecule has 5 aromatic rings. The van der Waals surface area contributed by atoms with Crippen LogP contribution in [0.25, 0.3) is 20.4 Å². The molecule has 0 aliphatic rings. The normalized spacial score (nSPS) is 11.1. The second kappa shape index (κ2) is 9.81. The molecule has 0 saturated carbocycles. The van der Waals surface area contributed by atoms with Crippen molar-refractivity contribution in [3.8, 4) is 0 Å². The highest BCUT2D eigenvalue weighted by atomic mass is 32.2. The van der Waals surface area contributed by atoms with Crippen LogP contribution in [0.15, 0.2) is 82.9 Å². The maximum absolute atomic E-state index is 13.5. The monoisotopic (exact) mass is 500 g/mol. The minimum atomic E-state index is -0.256. The molecule has 3 aromatic heterocycles. The second-order valence-corrected chi connectivity index (χ2v) is 9.82. The summed E-state index contributed by atoms with van der Waals surface area (Å²) in [5.41, 5.74) is 2.48. The third kappa shape index (κ3) is 4.87. The number of pyridine rings is 1. The summed E-state index contributed by atoms with van der Waals surface area (Å²) in [5.74, 6) is -0.277. The van der Waals surface area contributed by atoms with Crippen molar-refractivity contribution in [2.45, 2.75) is 18.6 Å². The molecule has 0 bridgehead atoms. The lowest BCUT2D eigenvalue weighted by atomic mass is 10.1. The number of carbonyl (C=O) groups excluding carboxylic acids is 2. The van der Waals surface area contributed by atoms with Crippen LogP contribution in [0.2, 0.25) is 0 Å². The van der Waals surface area contributed by atoms with Crippen molar-refractivity contribution in [3.05, 3.63) is 94.4 Å². The summed E-state index contributed by atoms with van der Waals surface area (Å²) < 4.78 is 2.16. The lowest BCUT2D eigenvalue weighted by molar-refractivity contribution is -0.113. The number of thiophene rings is 1. The van der Waals surface area contributed by atoms with E-state index < -0.39 is 0 Å². The Bertz CT molecular complexity index is 1630. The molecule has 0 radical (unpaired) electrons. The van der Waals surface area contributed by atoms with E-state index in [0.717, 1.165) is 15.8 Å². The SMILES string of the molecule is CC(=O)c1cccc(NC(=O)CSc2nc3c(sc4ncccc43)c(=O)n2Cc2ccccc2)c1. The van der Waals surface area contributed by atoms with Crippen molar-refractivity contribution in [2.24, 2.45) is 0 Å². The number of thioether (sulfide) groups is 1. The van der Waals surface area contributed by atoms with Gasteiger partial charge in [-0.25, -0.2) is 9.97 Å². The summed E-state index contributed by atoms with van der Waals surface area (Å²) in [6, 6.07) is 20.2. The third-order valence-corrected chi connectivity index (χ3v) is 7.45. The molecule has 0 spiro atoms. The van der Waals surface area contributed by atoms with Gasteiger partial charge in [0.25, 0.3) is 5.56 Å². The standard InChI is InChI=1S/C26H20N4O3S2/c1-16(31)18-9-5-10-19(13-18)28-21(32)15-34-26-29-22-20-11-6-12-27-24(20)35-23(22)25(33)30(26)14-17-7-3-2-4-8-17/h2-13H,14-15H2,1H3,(H,28,32). The van der Waals surface area contributed by atoms with Gasteiger partial charge in [-0.15, -0.1) is 11.3 Å². The van der Waals surface area contributed by atoms with Crippen LogP contribution in [-0.2, 0) is 11.3 Å².